The molecule has 2 aliphatic rings. The van der Waals surface area contributed by atoms with Crippen LogP contribution >= 0.6 is 0 Å². The van der Waals surface area contributed by atoms with Crippen LogP contribution in [0.5, 0.6) is 0 Å². The summed E-state index contributed by atoms with van der Waals surface area (Å²) >= 11 is 0. The first-order valence-electron chi connectivity index (χ1n) is 6.62. The number of hydrogen-bond donors (Lipinski definition) is 1. The van der Waals surface area contributed by atoms with Crippen LogP contribution in [-0.2, 0) is 10.9 Å². The van der Waals surface area contributed by atoms with Crippen LogP contribution in [0, 0.1) is 0 Å². The lowest BCUT2D eigenvalue weighted by molar-refractivity contribution is -0.140. The molecule has 2 bridgehead atoms. The Morgan fingerprint density at radius 1 is 1.29 bits per heavy atom. The topological polar surface area (TPSA) is 76.8 Å². The Kier molecular flexibility index (Phi) is 2.62. The molecule has 2 saturated heterocycles. The van der Waals surface area contributed by atoms with Crippen LogP contribution < -0.4 is 0 Å². The van der Waals surface area contributed by atoms with Gasteiger partial charge in [0.15, 0.2) is 5.69 Å². The lowest BCUT2D eigenvalue weighted by atomic mass is 9.89. The molecule has 0 spiro atoms. The van der Waals surface area contributed by atoms with Gasteiger partial charge in [0.1, 0.15) is 5.69 Å². The maximum Gasteiger partial charge on any atom is 0.433 e. The van der Waals surface area contributed by atoms with Crippen LogP contribution in [-0.4, -0.2) is 32.3 Å². The average molecular weight is 300 g/mol. The Morgan fingerprint density at radius 3 is 2.81 bits per heavy atom. The lowest BCUT2D eigenvalue weighted by Crippen LogP contribution is -2.14. The first-order valence-corrected chi connectivity index (χ1v) is 6.62. The van der Waals surface area contributed by atoms with E-state index in [4.69, 9.17) is 9.26 Å². The highest BCUT2D eigenvalue weighted by Crippen LogP contribution is 2.44. The van der Waals surface area contributed by atoms with E-state index in [9.17, 15) is 13.2 Å². The number of ether oxygens (including phenoxy) is 1. The van der Waals surface area contributed by atoms with Gasteiger partial charge in [0.2, 0.25) is 11.7 Å². The molecule has 2 aliphatic heterocycles. The van der Waals surface area contributed by atoms with Gasteiger partial charge in [0.05, 0.1) is 24.5 Å². The van der Waals surface area contributed by atoms with Gasteiger partial charge >= 0.3 is 6.18 Å². The largest absolute Gasteiger partial charge is 0.433 e. The summed E-state index contributed by atoms with van der Waals surface area (Å²) in [4.78, 5) is 9.80. The third-order valence-corrected chi connectivity index (χ3v) is 4.00. The van der Waals surface area contributed by atoms with E-state index >= 15 is 0 Å². The van der Waals surface area contributed by atoms with Crippen molar-refractivity contribution < 1.29 is 22.4 Å². The van der Waals surface area contributed by atoms with Crippen molar-refractivity contribution in [1.82, 2.24) is 20.1 Å². The number of hydrogen-bond acceptors (Lipinski definition) is 5. The second-order valence-corrected chi connectivity index (χ2v) is 5.30. The molecule has 9 heteroatoms. The van der Waals surface area contributed by atoms with Crippen LogP contribution in [0.25, 0.3) is 11.5 Å². The van der Waals surface area contributed by atoms with Crippen molar-refractivity contribution in [2.75, 3.05) is 0 Å². The molecule has 1 N–H and O–H groups in total. The SMILES string of the molecule is FC(F)(F)c1[nH]cnc1-c1noc(C2CC3CCC2O3)n1. The number of halogens is 3. The zero-order valence-corrected chi connectivity index (χ0v) is 10.7. The molecule has 0 radical (unpaired) electrons. The van der Waals surface area contributed by atoms with Gasteiger partial charge in [-0.3, -0.25) is 0 Å². The fourth-order valence-electron chi connectivity index (χ4n) is 3.06. The highest BCUT2D eigenvalue weighted by molar-refractivity contribution is 5.52. The first-order chi connectivity index (χ1) is 10.0. The van der Waals surface area contributed by atoms with E-state index in [0.29, 0.717) is 5.89 Å². The van der Waals surface area contributed by atoms with Crippen molar-refractivity contribution in [2.45, 2.75) is 43.6 Å². The summed E-state index contributed by atoms with van der Waals surface area (Å²) in [7, 11) is 0. The van der Waals surface area contributed by atoms with Crippen LogP contribution in [0.4, 0.5) is 13.2 Å². The molecule has 0 amide bonds. The molecule has 4 heterocycles. The van der Waals surface area contributed by atoms with E-state index in [2.05, 4.69) is 20.1 Å². The summed E-state index contributed by atoms with van der Waals surface area (Å²) in [6.07, 6.45) is -0.630. The molecule has 3 atom stereocenters. The van der Waals surface area contributed by atoms with Gasteiger partial charge in [-0.15, -0.1) is 0 Å². The third-order valence-electron chi connectivity index (χ3n) is 4.00. The Labute approximate surface area is 116 Å². The zero-order chi connectivity index (χ0) is 14.6. The van der Waals surface area contributed by atoms with Crippen LogP contribution in [0.2, 0.25) is 0 Å². The minimum absolute atomic E-state index is 0.0294. The van der Waals surface area contributed by atoms with Gasteiger partial charge in [0.25, 0.3) is 0 Å². The highest BCUT2D eigenvalue weighted by atomic mass is 19.4. The lowest BCUT2D eigenvalue weighted by Gasteiger charge is -2.13. The molecule has 2 aromatic heterocycles. The number of imidazole rings is 1. The van der Waals surface area contributed by atoms with Crippen LogP contribution in [0.15, 0.2) is 10.9 Å². The van der Waals surface area contributed by atoms with Crippen LogP contribution in [0.1, 0.15) is 36.8 Å². The van der Waals surface area contributed by atoms with E-state index in [-0.39, 0.29) is 29.6 Å². The quantitative estimate of drug-likeness (QED) is 0.922. The fraction of sp³-hybridized carbons (Fsp3) is 0.583. The van der Waals surface area contributed by atoms with Crippen molar-refractivity contribution in [3.63, 3.8) is 0 Å². The predicted octanol–water partition coefficient (Wildman–Crippen LogP) is 2.51. The summed E-state index contributed by atoms with van der Waals surface area (Å²) in [5, 5.41) is 3.64. The third kappa shape index (κ3) is 2.03. The summed E-state index contributed by atoms with van der Waals surface area (Å²) in [6.45, 7) is 0. The molecule has 4 rings (SSSR count). The van der Waals surface area contributed by atoms with E-state index in [0.717, 1.165) is 25.6 Å². The minimum atomic E-state index is -4.54. The first kappa shape index (κ1) is 12.8. The standard InChI is InChI=1S/C12H11F3N4O2/c13-12(14,15)9-8(16-4-17-9)10-18-11(21-19-10)6-3-5-1-2-7(6)20-5/h4-7H,1-3H2,(H,16,17). The molecule has 3 unspecified atom stereocenters. The van der Waals surface area contributed by atoms with Gasteiger partial charge in [0, 0.05) is 0 Å². The number of rotatable bonds is 2. The number of fused-ring (bicyclic) bond motifs is 2. The maximum absolute atomic E-state index is 12.8. The van der Waals surface area contributed by atoms with E-state index < -0.39 is 11.9 Å². The van der Waals surface area contributed by atoms with E-state index in [1.54, 1.807) is 0 Å². The van der Waals surface area contributed by atoms with Crippen molar-refractivity contribution in [2.24, 2.45) is 0 Å². The number of nitrogens with one attached hydrogen (secondary N) is 1. The molecular weight excluding hydrogens is 289 g/mol. The smallest absolute Gasteiger partial charge is 0.374 e. The van der Waals surface area contributed by atoms with Crippen molar-refractivity contribution in [3.8, 4) is 11.5 Å². The fourth-order valence-corrected chi connectivity index (χ4v) is 3.06. The molecule has 2 fully saturated rings. The monoisotopic (exact) mass is 300 g/mol. The Bertz CT molecular complexity index is 666. The molecule has 0 aliphatic carbocycles. The van der Waals surface area contributed by atoms with Gasteiger partial charge in [-0.1, -0.05) is 5.16 Å². The summed E-state index contributed by atoms with van der Waals surface area (Å²) in [6, 6.07) is 0. The summed E-state index contributed by atoms with van der Waals surface area (Å²) in [5.41, 5.74) is -1.32. The Balaban J connectivity index is 1.65. The van der Waals surface area contributed by atoms with Crippen molar-refractivity contribution in [1.29, 1.82) is 0 Å². The highest BCUT2D eigenvalue weighted by Gasteiger charge is 2.45. The van der Waals surface area contributed by atoms with Gasteiger partial charge in [-0.05, 0) is 19.3 Å². The van der Waals surface area contributed by atoms with Gasteiger partial charge in [-0.25, -0.2) is 4.98 Å². The minimum Gasteiger partial charge on any atom is -0.374 e. The zero-order valence-electron chi connectivity index (χ0n) is 10.7. The average Bonchev–Trinajstić information content (AvgIpc) is 3.19. The number of nitrogens with zero attached hydrogens (tertiary/aromatic N) is 3. The van der Waals surface area contributed by atoms with E-state index in [1.165, 1.54) is 0 Å². The summed E-state index contributed by atoms with van der Waals surface area (Å²) in [5.74, 6) is 0.146. The molecular formula is C12H11F3N4O2. The van der Waals surface area contributed by atoms with Crippen molar-refractivity contribution >= 4 is 0 Å². The number of H-pyrrole nitrogens is 1. The Morgan fingerprint density at radius 2 is 2.14 bits per heavy atom. The molecule has 2 aromatic rings. The maximum atomic E-state index is 12.8. The van der Waals surface area contributed by atoms with Crippen LogP contribution in [0.3, 0.4) is 0 Å². The van der Waals surface area contributed by atoms with Crippen molar-refractivity contribution in [3.05, 3.63) is 17.9 Å². The van der Waals surface area contributed by atoms with Gasteiger partial charge in [-0.2, -0.15) is 18.2 Å². The molecule has 0 aromatic carbocycles. The van der Waals surface area contributed by atoms with E-state index in [1.807, 2.05) is 0 Å². The molecule has 6 nitrogen and oxygen atoms in total. The number of alkyl halides is 3. The molecule has 21 heavy (non-hydrogen) atoms. The number of aromatic nitrogens is 4. The molecule has 0 saturated carbocycles. The Hall–Kier alpha value is -1.90. The van der Waals surface area contributed by atoms with Gasteiger partial charge < -0.3 is 14.2 Å². The normalized spacial score (nSPS) is 28.4. The number of aromatic amines is 1. The predicted molar refractivity (Wildman–Crippen MR) is 62.1 cm³/mol. The second-order valence-electron chi connectivity index (χ2n) is 5.30. The second kappa shape index (κ2) is 4.30. The summed E-state index contributed by atoms with van der Waals surface area (Å²) < 4.78 is 49.3. The molecule has 112 valence electrons.